The zero-order valence-electron chi connectivity index (χ0n) is 34.4. The van der Waals surface area contributed by atoms with Crippen molar-refractivity contribution in [1.82, 2.24) is 51.7 Å². The standard InChI is InChI=1S/C40H54N10O10/c1-40(2,3)60-39(59)50-22-26(34(54)43-19-29(51)36(56)44-21-31(53)47-33(38(58)49(4)5)25-14-10-7-11-15-25)28(23-50)46-30(52)20-45-37(57)32(24-12-8-6-9-13-24)48-35(55)27-18-41-16-17-42-27/h7,10-11,14-18,24,26,28,32-33H,6,8-9,12-13,19-23H2,1-5H3,(H,43,54)(H,44,56)(H,45,57)(H,46,52)(H,47,53)(H,48,55)/t26-,28+,32?,33+/m1/s1. The number of hydrogen-bond acceptors (Lipinski definition) is 12. The van der Waals surface area contributed by atoms with Crippen molar-refractivity contribution in [2.45, 2.75) is 76.6 Å². The first kappa shape index (κ1) is 46.2. The molecule has 6 N–H and O–H groups in total. The van der Waals surface area contributed by atoms with E-state index in [-0.39, 0.29) is 24.7 Å². The van der Waals surface area contributed by atoms with E-state index in [2.05, 4.69) is 41.9 Å². The molecule has 0 spiro atoms. The largest absolute Gasteiger partial charge is 0.444 e. The van der Waals surface area contributed by atoms with Crippen molar-refractivity contribution in [3.8, 4) is 0 Å². The third-order valence-corrected chi connectivity index (χ3v) is 9.78. The number of likely N-dealkylation sites (N-methyl/N-ethyl adjacent to an activating group) is 1. The van der Waals surface area contributed by atoms with Gasteiger partial charge in [0.2, 0.25) is 35.3 Å². The van der Waals surface area contributed by atoms with E-state index in [1.54, 1.807) is 51.1 Å². The first-order valence-corrected chi connectivity index (χ1v) is 19.7. The molecule has 1 aromatic heterocycles. The molecule has 2 heterocycles. The van der Waals surface area contributed by atoms with E-state index in [4.69, 9.17) is 4.74 Å². The second kappa shape index (κ2) is 21.5. The lowest BCUT2D eigenvalue weighted by Gasteiger charge is -2.30. The van der Waals surface area contributed by atoms with E-state index in [1.807, 2.05) is 0 Å². The Hall–Kier alpha value is -6.47. The SMILES string of the molecule is CN(C)C(=O)[C@@H](NC(=O)CNC(=O)C(=O)CNC(=O)[C@@H]1CN(C(=O)OC(C)(C)C)C[C@@H]1NC(=O)CNC(=O)C(NC(=O)c1cnccn1)C1CCCCC1)c1ccccc1. The van der Waals surface area contributed by atoms with Gasteiger partial charge in [-0.25, -0.2) is 9.78 Å². The first-order chi connectivity index (χ1) is 28.4. The van der Waals surface area contributed by atoms with E-state index in [0.717, 1.165) is 19.3 Å². The molecule has 2 aromatic rings. The average Bonchev–Trinajstić information content (AvgIpc) is 3.65. The number of nitrogens with zero attached hydrogens (tertiary/aromatic N) is 4. The van der Waals surface area contributed by atoms with Crippen molar-refractivity contribution in [1.29, 1.82) is 0 Å². The summed E-state index contributed by atoms with van der Waals surface area (Å²) < 4.78 is 5.46. The Bertz CT molecular complexity index is 1880. The van der Waals surface area contributed by atoms with Gasteiger partial charge in [0.1, 0.15) is 23.4 Å². The zero-order valence-corrected chi connectivity index (χ0v) is 34.4. The van der Waals surface area contributed by atoms with E-state index < -0.39 is 103 Å². The molecule has 8 amide bonds. The monoisotopic (exact) mass is 834 g/mol. The fourth-order valence-electron chi connectivity index (χ4n) is 6.76. The summed E-state index contributed by atoms with van der Waals surface area (Å²) in [6, 6.07) is 5.46. The molecule has 2 fully saturated rings. The lowest BCUT2D eigenvalue weighted by atomic mass is 9.83. The Morgan fingerprint density at radius 3 is 2.15 bits per heavy atom. The van der Waals surface area contributed by atoms with Gasteiger partial charge in [0.05, 0.1) is 37.8 Å². The van der Waals surface area contributed by atoms with Gasteiger partial charge >= 0.3 is 6.09 Å². The van der Waals surface area contributed by atoms with E-state index in [9.17, 15) is 43.2 Å². The predicted octanol–water partition coefficient (Wildman–Crippen LogP) is -0.630. The van der Waals surface area contributed by atoms with Crippen LogP contribution in [-0.2, 0) is 38.3 Å². The second-order valence-corrected chi connectivity index (χ2v) is 15.8. The lowest BCUT2D eigenvalue weighted by molar-refractivity contribution is -0.139. The van der Waals surface area contributed by atoms with Gasteiger partial charge in [-0.1, -0.05) is 49.6 Å². The number of amides is 8. The van der Waals surface area contributed by atoms with Crippen LogP contribution in [-0.4, -0.2) is 137 Å². The molecule has 1 aliphatic heterocycles. The van der Waals surface area contributed by atoms with Gasteiger partial charge in [-0.3, -0.25) is 43.3 Å². The average molecular weight is 835 g/mol. The van der Waals surface area contributed by atoms with Crippen LogP contribution in [0.15, 0.2) is 48.9 Å². The van der Waals surface area contributed by atoms with Crippen LogP contribution >= 0.6 is 0 Å². The molecular weight excluding hydrogens is 780 g/mol. The van der Waals surface area contributed by atoms with Gasteiger partial charge in [-0.2, -0.15) is 0 Å². The summed E-state index contributed by atoms with van der Waals surface area (Å²) in [5.74, 6) is -7.37. The molecule has 0 bridgehead atoms. The molecule has 2 aliphatic rings. The minimum atomic E-state index is -1.18. The zero-order chi connectivity index (χ0) is 44.0. The van der Waals surface area contributed by atoms with E-state index >= 15 is 0 Å². The minimum Gasteiger partial charge on any atom is -0.444 e. The number of rotatable bonds is 16. The highest BCUT2D eigenvalue weighted by Crippen LogP contribution is 2.27. The van der Waals surface area contributed by atoms with Gasteiger partial charge < -0.3 is 46.4 Å². The maximum atomic E-state index is 13.5. The van der Waals surface area contributed by atoms with Gasteiger partial charge in [-0.05, 0) is 45.1 Å². The van der Waals surface area contributed by atoms with Crippen LogP contribution in [0.2, 0.25) is 0 Å². The predicted molar refractivity (Wildman–Crippen MR) is 213 cm³/mol. The molecule has 60 heavy (non-hydrogen) atoms. The number of ketones is 1. The summed E-state index contributed by atoms with van der Waals surface area (Å²) in [4.78, 5) is 127. The molecule has 1 aliphatic carbocycles. The summed E-state index contributed by atoms with van der Waals surface area (Å²) in [6.07, 6.45) is 7.42. The third-order valence-electron chi connectivity index (χ3n) is 9.78. The molecule has 20 heteroatoms. The van der Waals surface area contributed by atoms with Crippen LogP contribution in [0.25, 0.3) is 0 Å². The highest BCUT2D eigenvalue weighted by atomic mass is 16.6. The number of benzene rings is 1. The number of likely N-dealkylation sites (tertiary alicyclic amines) is 1. The molecular formula is C40H54N10O10. The summed E-state index contributed by atoms with van der Waals surface area (Å²) in [7, 11) is 3.05. The Balaban J connectivity index is 1.34. The van der Waals surface area contributed by atoms with Crippen LogP contribution in [0.1, 0.15) is 75.0 Å². The molecule has 0 radical (unpaired) electrons. The number of ether oxygens (including phenoxy) is 1. The smallest absolute Gasteiger partial charge is 0.410 e. The van der Waals surface area contributed by atoms with Crippen molar-refractivity contribution in [2.75, 3.05) is 46.8 Å². The summed E-state index contributed by atoms with van der Waals surface area (Å²) in [5.41, 5.74) is -0.338. The molecule has 4 atom stereocenters. The number of carbonyl (C=O) groups is 9. The third kappa shape index (κ3) is 13.8. The van der Waals surface area contributed by atoms with Crippen molar-refractivity contribution in [3.05, 3.63) is 60.2 Å². The van der Waals surface area contributed by atoms with E-state index in [1.165, 1.54) is 42.5 Å². The maximum Gasteiger partial charge on any atom is 0.410 e. The summed E-state index contributed by atoms with van der Waals surface area (Å²) in [6.45, 7) is 2.66. The second-order valence-electron chi connectivity index (χ2n) is 15.8. The maximum absolute atomic E-state index is 13.5. The van der Waals surface area contributed by atoms with E-state index in [0.29, 0.717) is 18.4 Å². The topological polar surface area (TPSA) is 267 Å². The molecule has 4 rings (SSSR count). The molecule has 1 saturated heterocycles. The van der Waals surface area contributed by atoms with Crippen LogP contribution in [0.4, 0.5) is 4.79 Å². The fraction of sp³-hybridized carbons (Fsp3) is 0.525. The number of carbonyl (C=O) groups excluding carboxylic acids is 9. The normalized spacial score (nSPS) is 17.5. The highest BCUT2D eigenvalue weighted by Gasteiger charge is 2.42. The Labute approximate surface area is 347 Å². The van der Waals surface area contributed by atoms with Crippen molar-refractivity contribution in [2.24, 2.45) is 11.8 Å². The lowest BCUT2D eigenvalue weighted by Crippen LogP contribution is -2.54. The molecule has 1 saturated carbocycles. The van der Waals surface area contributed by atoms with Crippen LogP contribution in [0, 0.1) is 11.8 Å². The Morgan fingerprint density at radius 2 is 1.52 bits per heavy atom. The van der Waals surface area contributed by atoms with Crippen LogP contribution in [0.3, 0.4) is 0 Å². The minimum absolute atomic E-state index is 0.0285. The Kier molecular flexibility index (Phi) is 16.6. The van der Waals surface area contributed by atoms with Gasteiger partial charge in [0, 0.05) is 39.6 Å². The van der Waals surface area contributed by atoms with Gasteiger partial charge in [0.15, 0.2) is 0 Å². The van der Waals surface area contributed by atoms with Crippen LogP contribution in [0.5, 0.6) is 0 Å². The number of nitrogens with one attached hydrogen (secondary N) is 6. The van der Waals surface area contributed by atoms with Crippen molar-refractivity contribution < 1.29 is 47.9 Å². The summed E-state index contributed by atoms with van der Waals surface area (Å²) >= 11 is 0. The van der Waals surface area contributed by atoms with Gasteiger partial charge in [-0.15, -0.1) is 0 Å². The van der Waals surface area contributed by atoms with Gasteiger partial charge in [0.25, 0.3) is 11.8 Å². The van der Waals surface area contributed by atoms with Crippen LogP contribution < -0.4 is 31.9 Å². The Morgan fingerprint density at radius 1 is 0.833 bits per heavy atom. The first-order valence-electron chi connectivity index (χ1n) is 19.7. The quantitative estimate of drug-likeness (QED) is 0.116. The fourth-order valence-corrected chi connectivity index (χ4v) is 6.76. The van der Waals surface area contributed by atoms with Crippen molar-refractivity contribution >= 4 is 53.2 Å². The summed E-state index contributed by atoms with van der Waals surface area (Å²) in [5, 5.41) is 15.1. The molecule has 1 aromatic carbocycles. The highest BCUT2D eigenvalue weighted by molar-refractivity contribution is 6.37. The molecule has 1 unspecified atom stereocenters. The molecule has 20 nitrogen and oxygen atoms in total. The molecule has 324 valence electrons. The number of Topliss-reactive ketones (excluding diaryl/α,β-unsaturated/α-hetero) is 1. The van der Waals surface area contributed by atoms with Crippen molar-refractivity contribution in [3.63, 3.8) is 0 Å². The number of aromatic nitrogens is 2. The number of hydrogen-bond donors (Lipinski definition) is 6.